The van der Waals surface area contributed by atoms with Gasteiger partial charge in [-0.25, -0.2) is 0 Å². The molecule has 1 aliphatic heterocycles. The molecule has 36 heavy (non-hydrogen) atoms. The van der Waals surface area contributed by atoms with Crippen molar-refractivity contribution in [1.82, 2.24) is 4.90 Å². The molecule has 2 aromatic carbocycles. The molecule has 204 valence electrons. The Morgan fingerprint density at radius 3 is 1.97 bits per heavy atom. The quantitative estimate of drug-likeness (QED) is 0.262. The van der Waals surface area contributed by atoms with Gasteiger partial charge in [0, 0.05) is 19.1 Å². The summed E-state index contributed by atoms with van der Waals surface area (Å²) in [6.45, 7) is 21.4. The number of unbranched alkanes of at least 4 members (excludes halogenated alkanes) is 1. The van der Waals surface area contributed by atoms with Crippen molar-refractivity contribution in [3.05, 3.63) is 64.7 Å². The van der Waals surface area contributed by atoms with Gasteiger partial charge in [0.2, 0.25) is 0 Å². The van der Waals surface area contributed by atoms with Crippen molar-refractivity contribution in [3.63, 3.8) is 0 Å². The first kappa shape index (κ1) is 33.5. The summed E-state index contributed by atoms with van der Waals surface area (Å²) in [7, 11) is 0. The second-order valence-corrected chi connectivity index (χ2v) is 9.60. The smallest absolute Gasteiger partial charge is 0.119 e. The van der Waals surface area contributed by atoms with Crippen LogP contribution in [0.1, 0.15) is 83.1 Å². The standard InChI is InChI=1S/C14H19NO2.C7H8O2.C4H8.C4H10.C2H6/c1-9-4-10-6-11(7-13(10)14(17)5-9)15-3-2-12(16)8-15;1-5-4-6(8)2-3-7(5)9;1-4(2)3;1-3-4-2;1-2/h4-5,11-12,16-17H,2-3,6-8H2,1H3;2-4,8-9H,1H3;1H2,2-3H3;3-4H2,1-2H3;1-2H3. The summed E-state index contributed by atoms with van der Waals surface area (Å²) in [5, 5.41) is 37.3. The molecule has 1 aliphatic carbocycles. The van der Waals surface area contributed by atoms with E-state index in [0.717, 1.165) is 43.5 Å². The van der Waals surface area contributed by atoms with Gasteiger partial charge >= 0.3 is 0 Å². The molecule has 1 heterocycles. The van der Waals surface area contributed by atoms with Gasteiger partial charge in [-0.3, -0.25) is 4.90 Å². The van der Waals surface area contributed by atoms with Gasteiger partial charge in [0.1, 0.15) is 17.2 Å². The summed E-state index contributed by atoms with van der Waals surface area (Å²) < 4.78 is 0. The lowest BCUT2D eigenvalue weighted by molar-refractivity contribution is 0.160. The van der Waals surface area contributed by atoms with E-state index in [9.17, 15) is 10.2 Å². The van der Waals surface area contributed by atoms with Crippen molar-refractivity contribution < 1.29 is 20.4 Å². The zero-order chi connectivity index (χ0) is 27.8. The van der Waals surface area contributed by atoms with Crippen molar-refractivity contribution in [2.24, 2.45) is 0 Å². The molecular weight excluding hydrogens is 450 g/mol. The maximum Gasteiger partial charge on any atom is 0.119 e. The number of phenolic OH excluding ortho intramolecular Hbond substituents is 3. The fourth-order valence-corrected chi connectivity index (χ4v) is 3.85. The topological polar surface area (TPSA) is 84.2 Å². The molecule has 0 bridgehead atoms. The van der Waals surface area contributed by atoms with Crippen LogP contribution >= 0.6 is 0 Å². The highest BCUT2D eigenvalue weighted by atomic mass is 16.3. The minimum atomic E-state index is -0.158. The highest BCUT2D eigenvalue weighted by Gasteiger charge is 2.32. The lowest BCUT2D eigenvalue weighted by Crippen LogP contribution is -2.34. The number of allylic oxidation sites excluding steroid dienone is 1. The molecule has 0 amide bonds. The van der Waals surface area contributed by atoms with Crippen LogP contribution in [0, 0.1) is 13.8 Å². The van der Waals surface area contributed by atoms with E-state index in [1.54, 1.807) is 6.92 Å². The minimum absolute atomic E-state index is 0.158. The zero-order valence-corrected chi connectivity index (χ0v) is 23.9. The third-order valence-corrected chi connectivity index (χ3v) is 5.75. The second kappa shape index (κ2) is 17.9. The molecule has 2 aromatic rings. The fourth-order valence-electron chi connectivity index (χ4n) is 3.85. The minimum Gasteiger partial charge on any atom is -0.508 e. The van der Waals surface area contributed by atoms with Crippen molar-refractivity contribution in [3.8, 4) is 17.2 Å². The number of aliphatic hydroxyl groups excluding tert-OH is 1. The first-order chi connectivity index (χ1) is 17.0. The molecule has 2 atom stereocenters. The number of rotatable bonds is 2. The van der Waals surface area contributed by atoms with Crippen LogP contribution in [0.2, 0.25) is 0 Å². The van der Waals surface area contributed by atoms with E-state index in [-0.39, 0.29) is 17.6 Å². The molecule has 0 radical (unpaired) electrons. The van der Waals surface area contributed by atoms with E-state index in [1.165, 1.54) is 42.2 Å². The van der Waals surface area contributed by atoms with Crippen molar-refractivity contribution in [2.45, 2.75) is 99.6 Å². The number of nitrogens with zero attached hydrogens (tertiary/aromatic N) is 1. The number of hydrogen-bond acceptors (Lipinski definition) is 5. The molecule has 0 aromatic heterocycles. The third-order valence-electron chi connectivity index (χ3n) is 5.75. The Kier molecular flexibility index (Phi) is 16.6. The zero-order valence-electron chi connectivity index (χ0n) is 23.9. The molecule has 4 N–H and O–H groups in total. The Labute approximate surface area is 220 Å². The summed E-state index contributed by atoms with van der Waals surface area (Å²) in [6, 6.07) is 8.92. The van der Waals surface area contributed by atoms with Crippen LogP contribution in [0.5, 0.6) is 17.2 Å². The molecule has 5 nitrogen and oxygen atoms in total. The van der Waals surface area contributed by atoms with Gasteiger partial charge < -0.3 is 20.4 Å². The predicted molar refractivity (Wildman–Crippen MR) is 153 cm³/mol. The monoisotopic (exact) mass is 501 g/mol. The number of fused-ring (bicyclic) bond motifs is 1. The van der Waals surface area contributed by atoms with Crippen molar-refractivity contribution in [2.75, 3.05) is 13.1 Å². The molecule has 0 saturated carbocycles. The Morgan fingerprint density at radius 2 is 1.53 bits per heavy atom. The average Bonchev–Trinajstić information content (AvgIpc) is 3.44. The second-order valence-electron chi connectivity index (χ2n) is 9.60. The maximum atomic E-state index is 9.96. The normalized spacial score (nSPS) is 17.6. The highest BCUT2D eigenvalue weighted by molar-refractivity contribution is 5.46. The van der Waals surface area contributed by atoms with Crippen molar-refractivity contribution in [1.29, 1.82) is 0 Å². The summed E-state index contributed by atoms with van der Waals surface area (Å²) in [6.07, 6.45) is 5.30. The number of benzene rings is 2. The van der Waals surface area contributed by atoms with Crippen LogP contribution in [0.3, 0.4) is 0 Å². The SMILES string of the molecule is C=C(C)C.CC.CCCC.Cc1cc(O)c2c(c1)CC(N1CCC(O)C1)C2.Cc1cc(O)ccc1O. The maximum absolute atomic E-state index is 9.96. The number of aliphatic hydroxyl groups is 1. The van der Waals surface area contributed by atoms with Gasteiger partial charge in [-0.05, 0) is 93.5 Å². The number of phenols is 3. The molecular formula is C31H51NO4. The molecule has 5 heteroatoms. The summed E-state index contributed by atoms with van der Waals surface area (Å²) in [5.74, 6) is 0.848. The molecule has 0 spiro atoms. The van der Waals surface area contributed by atoms with Gasteiger partial charge in [-0.2, -0.15) is 0 Å². The van der Waals surface area contributed by atoms with Crippen LogP contribution < -0.4 is 0 Å². The summed E-state index contributed by atoms with van der Waals surface area (Å²) in [4.78, 5) is 2.36. The Bertz CT molecular complexity index is 904. The van der Waals surface area contributed by atoms with Crippen LogP contribution in [0.25, 0.3) is 0 Å². The number of aryl methyl sites for hydroxylation is 2. The number of aromatic hydroxyl groups is 3. The van der Waals surface area contributed by atoms with Crippen LogP contribution in [0.15, 0.2) is 42.5 Å². The molecule has 4 rings (SSSR count). The lowest BCUT2D eigenvalue weighted by atomic mass is 10.1. The van der Waals surface area contributed by atoms with E-state index >= 15 is 0 Å². The predicted octanol–water partition coefficient (Wildman–Crippen LogP) is 7.06. The van der Waals surface area contributed by atoms with Crippen LogP contribution in [-0.2, 0) is 12.8 Å². The van der Waals surface area contributed by atoms with E-state index < -0.39 is 0 Å². The first-order valence-electron chi connectivity index (χ1n) is 13.3. The number of β-amino-alcohol motifs (C(OH)–C–C–N with tert-alkyl or cyclic N) is 1. The average molecular weight is 502 g/mol. The fraction of sp³-hybridized carbons (Fsp3) is 0.548. The van der Waals surface area contributed by atoms with Gasteiger partial charge in [-0.15, -0.1) is 6.58 Å². The van der Waals surface area contributed by atoms with Crippen molar-refractivity contribution >= 4 is 0 Å². The largest absolute Gasteiger partial charge is 0.508 e. The van der Waals surface area contributed by atoms with E-state index in [1.807, 2.05) is 40.7 Å². The van der Waals surface area contributed by atoms with E-state index in [4.69, 9.17) is 10.2 Å². The summed E-state index contributed by atoms with van der Waals surface area (Å²) in [5.41, 5.74) is 5.38. The van der Waals surface area contributed by atoms with Crippen LogP contribution in [0.4, 0.5) is 0 Å². The highest BCUT2D eigenvalue weighted by Crippen LogP contribution is 2.34. The molecule has 2 aliphatic rings. The number of hydrogen-bond donors (Lipinski definition) is 4. The Balaban J connectivity index is 0.000000543. The molecule has 2 unspecified atom stereocenters. The summed E-state index contributed by atoms with van der Waals surface area (Å²) >= 11 is 0. The van der Waals surface area contributed by atoms with Crippen LogP contribution in [-0.4, -0.2) is 50.6 Å². The first-order valence-corrected chi connectivity index (χ1v) is 13.3. The van der Waals surface area contributed by atoms with E-state index in [0.29, 0.717) is 17.4 Å². The lowest BCUT2D eigenvalue weighted by Gasteiger charge is -2.22. The van der Waals surface area contributed by atoms with Gasteiger partial charge in [0.15, 0.2) is 0 Å². The Morgan fingerprint density at radius 1 is 0.944 bits per heavy atom. The van der Waals surface area contributed by atoms with Gasteiger partial charge in [0.25, 0.3) is 0 Å². The van der Waals surface area contributed by atoms with E-state index in [2.05, 4.69) is 31.4 Å². The molecule has 1 saturated heterocycles. The van der Waals surface area contributed by atoms with Gasteiger partial charge in [0.05, 0.1) is 6.10 Å². The van der Waals surface area contributed by atoms with Gasteiger partial charge in [-0.1, -0.05) is 52.2 Å². The number of likely N-dealkylation sites (tertiary alicyclic amines) is 1. The molecule has 1 fully saturated rings. The Hall–Kier alpha value is -2.50. The third kappa shape index (κ3) is 12.5.